The summed E-state index contributed by atoms with van der Waals surface area (Å²) in [6.07, 6.45) is 24.7. The van der Waals surface area contributed by atoms with Crippen LogP contribution < -0.4 is 0 Å². The first-order chi connectivity index (χ1) is 17.9. The van der Waals surface area contributed by atoms with Crippen molar-refractivity contribution >= 4 is 7.82 Å². The molecule has 0 saturated heterocycles. The van der Waals surface area contributed by atoms with Gasteiger partial charge in [-0.1, -0.05) is 129 Å². The van der Waals surface area contributed by atoms with Crippen molar-refractivity contribution in [2.75, 3.05) is 26.4 Å². The highest BCUT2D eigenvalue weighted by atomic mass is 31.2. The average molecular weight is 551 g/mol. The van der Waals surface area contributed by atoms with E-state index in [9.17, 15) is 9.46 Å². The highest BCUT2D eigenvalue weighted by Crippen LogP contribution is 2.45. The van der Waals surface area contributed by atoms with Gasteiger partial charge in [-0.25, -0.2) is 4.57 Å². The van der Waals surface area contributed by atoms with Gasteiger partial charge in [0.15, 0.2) is 0 Å². The highest BCUT2D eigenvalue weighted by molar-refractivity contribution is 7.47. The third kappa shape index (κ3) is 28.8. The van der Waals surface area contributed by atoms with Gasteiger partial charge in [-0.3, -0.25) is 9.05 Å². The first-order valence-electron chi connectivity index (χ1n) is 15.8. The summed E-state index contributed by atoms with van der Waals surface area (Å²) in [6, 6.07) is 0. The first-order valence-corrected chi connectivity index (χ1v) is 17.3. The van der Waals surface area contributed by atoms with E-state index in [0.717, 1.165) is 12.8 Å². The molecule has 0 spiro atoms. The summed E-state index contributed by atoms with van der Waals surface area (Å²) in [4.78, 5) is 10.0. The molecule has 0 saturated carbocycles. The van der Waals surface area contributed by atoms with Crippen molar-refractivity contribution in [3.63, 3.8) is 0 Å². The highest BCUT2D eigenvalue weighted by Gasteiger charge is 2.27. The predicted octanol–water partition coefficient (Wildman–Crippen LogP) is 9.77. The van der Waals surface area contributed by atoms with E-state index in [4.69, 9.17) is 18.5 Å². The molecule has 2 unspecified atom stereocenters. The van der Waals surface area contributed by atoms with E-state index in [2.05, 4.69) is 13.8 Å². The lowest BCUT2D eigenvalue weighted by Crippen LogP contribution is -2.20. The molecule has 0 aromatic rings. The molecule has 1 N–H and O–H groups in total. The van der Waals surface area contributed by atoms with Gasteiger partial charge < -0.3 is 14.4 Å². The van der Waals surface area contributed by atoms with Crippen LogP contribution >= 0.6 is 7.82 Å². The second-order valence-electron chi connectivity index (χ2n) is 10.8. The molecule has 0 aromatic carbocycles. The van der Waals surface area contributed by atoms with E-state index < -0.39 is 20.0 Å². The van der Waals surface area contributed by atoms with E-state index in [1.807, 2.05) is 0 Å². The Morgan fingerprint density at radius 3 is 1.08 bits per heavy atom. The Bertz CT molecular complexity index is 464. The lowest BCUT2D eigenvalue weighted by Gasteiger charge is -2.21. The number of hydrogen-bond acceptors (Lipinski definition) is 5. The number of phosphoric acid groups is 1. The maximum Gasteiger partial charge on any atom is 0.472 e. The SMILES string of the molecule is CCCCCCCCCCCCOCC(C)OP(=O)(O)OC(C)COCCCCCCCCCCCC. The molecule has 0 rings (SSSR count). The van der Waals surface area contributed by atoms with Gasteiger partial charge in [0.1, 0.15) is 0 Å². The summed E-state index contributed by atoms with van der Waals surface area (Å²) in [5.41, 5.74) is 0. The molecule has 0 aliphatic rings. The zero-order chi connectivity index (χ0) is 27.5. The normalized spacial score (nSPS) is 15.1. The topological polar surface area (TPSA) is 74.2 Å². The molecule has 37 heavy (non-hydrogen) atoms. The van der Waals surface area contributed by atoms with Crippen LogP contribution in [0.25, 0.3) is 0 Å². The van der Waals surface area contributed by atoms with Crippen molar-refractivity contribution in [2.24, 2.45) is 0 Å². The lowest BCUT2D eigenvalue weighted by molar-refractivity contribution is 0.00555. The standard InChI is InChI=1S/C30H63O6P/c1-5-7-9-11-13-15-17-19-21-23-25-33-27-29(3)35-37(31,32)36-30(4)28-34-26-24-22-20-18-16-14-12-10-8-6-2/h29-30H,5-28H2,1-4H3,(H,31,32). The maximum atomic E-state index is 12.3. The Morgan fingerprint density at radius 2 is 0.784 bits per heavy atom. The molecule has 7 heteroatoms. The minimum absolute atomic E-state index is 0.287. The maximum absolute atomic E-state index is 12.3. The van der Waals surface area contributed by atoms with Gasteiger partial charge in [-0.15, -0.1) is 0 Å². The third-order valence-corrected chi connectivity index (χ3v) is 7.87. The van der Waals surface area contributed by atoms with Crippen LogP contribution in [-0.4, -0.2) is 43.5 Å². The van der Waals surface area contributed by atoms with Crippen molar-refractivity contribution in [1.29, 1.82) is 0 Å². The summed E-state index contributed by atoms with van der Waals surface area (Å²) < 4.78 is 34.0. The smallest absolute Gasteiger partial charge is 0.379 e. The Morgan fingerprint density at radius 1 is 0.514 bits per heavy atom. The molecule has 2 atom stereocenters. The van der Waals surface area contributed by atoms with Crippen molar-refractivity contribution in [3.05, 3.63) is 0 Å². The molecule has 0 fully saturated rings. The predicted molar refractivity (Wildman–Crippen MR) is 156 cm³/mol. The largest absolute Gasteiger partial charge is 0.472 e. The van der Waals surface area contributed by atoms with Crippen LogP contribution in [0.1, 0.15) is 156 Å². The Labute approximate surface area is 230 Å². The molecule has 6 nitrogen and oxygen atoms in total. The first kappa shape index (κ1) is 37.0. The van der Waals surface area contributed by atoms with Gasteiger partial charge in [-0.2, -0.15) is 0 Å². The fraction of sp³-hybridized carbons (Fsp3) is 1.00. The van der Waals surface area contributed by atoms with Crippen LogP contribution in [0.5, 0.6) is 0 Å². The van der Waals surface area contributed by atoms with E-state index in [1.54, 1.807) is 13.8 Å². The van der Waals surface area contributed by atoms with Crippen LogP contribution in [0.3, 0.4) is 0 Å². The molecule has 0 radical (unpaired) electrons. The third-order valence-electron chi connectivity index (χ3n) is 6.62. The number of ether oxygens (including phenoxy) is 2. The van der Waals surface area contributed by atoms with Gasteiger partial charge in [0.05, 0.1) is 25.4 Å². The summed E-state index contributed by atoms with van der Waals surface area (Å²) >= 11 is 0. The van der Waals surface area contributed by atoms with Crippen LogP contribution in [0.15, 0.2) is 0 Å². The number of unbranched alkanes of at least 4 members (excludes halogenated alkanes) is 18. The van der Waals surface area contributed by atoms with E-state index in [0.29, 0.717) is 13.2 Å². The second-order valence-corrected chi connectivity index (χ2v) is 12.2. The van der Waals surface area contributed by atoms with Gasteiger partial charge in [-0.05, 0) is 26.7 Å². The fourth-order valence-electron chi connectivity index (χ4n) is 4.42. The lowest BCUT2D eigenvalue weighted by atomic mass is 10.1. The molecule has 0 aromatic heterocycles. The minimum Gasteiger partial charge on any atom is -0.379 e. The Balaban J connectivity index is 3.57. The van der Waals surface area contributed by atoms with Crippen molar-refractivity contribution in [1.82, 2.24) is 0 Å². The monoisotopic (exact) mass is 550 g/mol. The van der Waals surface area contributed by atoms with E-state index in [1.165, 1.54) is 116 Å². The summed E-state index contributed by atoms with van der Waals surface area (Å²) in [5, 5.41) is 0. The van der Waals surface area contributed by atoms with Crippen molar-refractivity contribution in [3.8, 4) is 0 Å². The molecule has 0 aliphatic carbocycles. The van der Waals surface area contributed by atoms with Gasteiger partial charge in [0, 0.05) is 13.2 Å². The summed E-state index contributed by atoms with van der Waals surface area (Å²) in [6.45, 7) is 9.86. The van der Waals surface area contributed by atoms with Gasteiger partial charge in [0.2, 0.25) is 0 Å². The minimum atomic E-state index is -4.13. The summed E-state index contributed by atoms with van der Waals surface area (Å²) in [5.74, 6) is 0. The number of rotatable bonds is 30. The van der Waals surface area contributed by atoms with E-state index >= 15 is 0 Å². The fourth-order valence-corrected chi connectivity index (χ4v) is 5.50. The molecular weight excluding hydrogens is 487 g/mol. The van der Waals surface area contributed by atoms with Crippen LogP contribution in [0.4, 0.5) is 0 Å². The van der Waals surface area contributed by atoms with Crippen LogP contribution in [0, 0.1) is 0 Å². The van der Waals surface area contributed by atoms with Gasteiger partial charge in [0.25, 0.3) is 0 Å². The molecule has 0 heterocycles. The number of hydrogen-bond donors (Lipinski definition) is 1. The van der Waals surface area contributed by atoms with Crippen LogP contribution in [-0.2, 0) is 23.1 Å². The molecule has 224 valence electrons. The molecule has 0 amide bonds. The Kier molecular flexibility index (Phi) is 27.6. The van der Waals surface area contributed by atoms with Crippen molar-refractivity contribution < 1.29 is 28.0 Å². The van der Waals surface area contributed by atoms with E-state index in [-0.39, 0.29) is 13.2 Å². The molecule has 0 bridgehead atoms. The molecule has 0 aliphatic heterocycles. The quantitative estimate of drug-likeness (QED) is 0.0708. The molecular formula is C30H63O6P. The average Bonchev–Trinajstić information content (AvgIpc) is 2.84. The summed E-state index contributed by atoms with van der Waals surface area (Å²) in [7, 11) is -4.13. The van der Waals surface area contributed by atoms with Gasteiger partial charge >= 0.3 is 7.82 Å². The Hall–Kier alpha value is 0.0300. The zero-order valence-electron chi connectivity index (χ0n) is 25.1. The zero-order valence-corrected chi connectivity index (χ0v) is 26.0. The number of phosphoric ester groups is 1. The van der Waals surface area contributed by atoms with Crippen LogP contribution in [0.2, 0.25) is 0 Å². The van der Waals surface area contributed by atoms with Crippen molar-refractivity contribution in [2.45, 2.75) is 168 Å². The second kappa shape index (κ2) is 27.6.